The second-order valence-electron chi connectivity index (χ2n) is 7.12. The maximum Gasteiger partial charge on any atom is 0.0273 e. The van der Waals surface area contributed by atoms with Crippen molar-refractivity contribution in [1.82, 2.24) is 9.97 Å². The summed E-state index contributed by atoms with van der Waals surface area (Å²) in [7, 11) is 0. The SMILES string of the molecule is c1cc2ccc3c(-c4ccncc4)cc(-c4ccncc4)c4ccc(c1)c2c34. The van der Waals surface area contributed by atoms with E-state index in [1.807, 2.05) is 24.8 Å². The fraction of sp³-hybridized carbons (Fsp3) is 0. The molecule has 0 saturated carbocycles. The van der Waals surface area contributed by atoms with Crippen LogP contribution >= 0.6 is 0 Å². The quantitative estimate of drug-likeness (QED) is 0.322. The van der Waals surface area contributed by atoms with E-state index in [0.717, 1.165) is 0 Å². The van der Waals surface area contributed by atoms with E-state index in [-0.39, 0.29) is 0 Å². The Morgan fingerprint density at radius 3 is 1.46 bits per heavy atom. The van der Waals surface area contributed by atoms with E-state index in [1.165, 1.54) is 54.6 Å². The average Bonchev–Trinajstić information content (AvgIpc) is 2.78. The Balaban J connectivity index is 1.86. The van der Waals surface area contributed by atoms with Gasteiger partial charge in [-0.1, -0.05) is 42.5 Å². The van der Waals surface area contributed by atoms with Crippen molar-refractivity contribution in [3.8, 4) is 22.3 Å². The second-order valence-corrected chi connectivity index (χ2v) is 7.12. The highest BCUT2D eigenvalue weighted by Crippen LogP contribution is 2.43. The van der Waals surface area contributed by atoms with Gasteiger partial charge < -0.3 is 0 Å². The van der Waals surface area contributed by atoms with Gasteiger partial charge in [0, 0.05) is 24.8 Å². The molecule has 0 fully saturated rings. The van der Waals surface area contributed by atoms with E-state index >= 15 is 0 Å². The molecule has 0 saturated heterocycles. The Morgan fingerprint density at radius 1 is 0.464 bits per heavy atom. The fourth-order valence-corrected chi connectivity index (χ4v) is 4.37. The molecule has 2 heterocycles. The van der Waals surface area contributed by atoms with Gasteiger partial charge in [0.2, 0.25) is 0 Å². The molecule has 0 aliphatic heterocycles. The highest BCUT2D eigenvalue weighted by molar-refractivity contribution is 6.28. The number of hydrogen-bond donors (Lipinski definition) is 0. The summed E-state index contributed by atoms with van der Waals surface area (Å²) in [5.74, 6) is 0. The smallest absolute Gasteiger partial charge is 0.0273 e. The molecular formula is C26H16N2. The van der Waals surface area contributed by atoms with Gasteiger partial charge in [-0.05, 0) is 84.9 Å². The zero-order valence-corrected chi connectivity index (χ0v) is 15.1. The molecule has 2 aromatic heterocycles. The van der Waals surface area contributed by atoms with Crippen molar-refractivity contribution in [1.29, 1.82) is 0 Å². The summed E-state index contributed by atoms with van der Waals surface area (Å²) in [4.78, 5) is 8.41. The van der Waals surface area contributed by atoms with Gasteiger partial charge in [-0.3, -0.25) is 9.97 Å². The van der Waals surface area contributed by atoms with Gasteiger partial charge in [0.15, 0.2) is 0 Å². The molecule has 130 valence electrons. The summed E-state index contributed by atoms with van der Waals surface area (Å²) < 4.78 is 0. The molecule has 2 heteroatoms. The van der Waals surface area contributed by atoms with Crippen LogP contribution in [0.2, 0.25) is 0 Å². The summed E-state index contributed by atoms with van der Waals surface area (Å²) in [5, 5.41) is 7.79. The van der Waals surface area contributed by atoms with Crippen LogP contribution < -0.4 is 0 Å². The lowest BCUT2D eigenvalue weighted by Crippen LogP contribution is -1.91. The van der Waals surface area contributed by atoms with Gasteiger partial charge in [-0.25, -0.2) is 0 Å². The molecule has 6 rings (SSSR count). The van der Waals surface area contributed by atoms with Crippen molar-refractivity contribution in [2.45, 2.75) is 0 Å². The first-order valence-corrected chi connectivity index (χ1v) is 9.41. The molecule has 0 unspecified atom stereocenters. The summed E-state index contributed by atoms with van der Waals surface area (Å²) >= 11 is 0. The van der Waals surface area contributed by atoms with Gasteiger partial charge in [-0.15, -0.1) is 0 Å². The van der Waals surface area contributed by atoms with E-state index < -0.39 is 0 Å². The second kappa shape index (κ2) is 5.86. The monoisotopic (exact) mass is 356 g/mol. The molecule has 0 bridgehead atoms. The lowest BCUT2D eigenvalue weighted by Gasteiger charge is -2.17. The Bertz CT molecular complexity index is 1330. The van der Waals surface area contributed by atoms with E-state index in [9.17, 15) is 0 Å². The highest BCUT2D eigenvalue weighted by Gasteiger charge is 2.16. The number of benzene rings is 4. The van der Waals surface area contributed by atoms with Crippen molar-refractivity contribution in [3.63, 3.8) is 0 Å². The maximum absolute atomic E-state index is 4.20. The number of nitrogens with zero attached hydrogens (tertiary/aromatic N) is 2. The number of pyridine rings is 2. The van der Waals surface area contributed by atoms with Crippen molar-refractivity contribution < 1.29 is 0 Å². The minimum Gasteiger partial charge on any atom is -0.265 e. The molecule has 28 heavy (non-hydrogen) atoms. The summed E-state index contributed by atoms with van der Waals surface area (Å²) in [5.41, 5.74) is 4.84. The third-order valence-electron chi connectivity index (χ3n) is 5.63. The predicted molar refractivity (Wildman–Crippen MR) is 117 cm³/mol. The third-order valence-corrected chi connectivity index (χ3v) is 5.63. The van der Waals surface area contributed by atoms with Crippen LogP contribution in [0.4, 0.5) is 0 Å². The molecule has 0 aliphatic carbocycles. The zero-order valence-electron chi connectivity index (χ0n) is 15.1. The standard InChI is InChI=1S/C26H16N2/c1-2-19-4-6-21-23(17-8-12-27-13-9-17)16-24(18-10-14-28-15-11-18)22-7-5-20(3-1)25(19)26(21)22/h1-16H. The van der Waals surface area contributed by atoms with E-state index in [1.54, 1.807) is 0 Å². The third kappa shape index (κ3) is 2.15. The molecule has 6 aromatic rings. The number of hydrogen-bond acceptors (Lipinski definition) is 2. The van der Waals surface area contributed by atoms with Crippen molar-refractivity contribution in [2.24, 2.45) is 0 Å². The van der Waals surface area contributed by atoms with Crippen molar-refractivity contribution >= 4 is 32.3 Å². The van der Waals surface area contributed by atoms with Gasteiger partial charge in [0.05, 0.1) is 0 Å². The van der Waals surface area contributed by atoms with Crippen LogP contribution in [0, 0.1) is 0 Å². The van der Waals surface area contributed by atoms with Crippen LogP contribution in [-0.4, -0.2) is 9.97 Å². The van der Waals surface area contributed by atoms with Gasteiger partial charge in [-0.2, -0.15) is 0 Å². The minimum atomic E-state index is 1.18. The molecular weight excluding hydrogens is 340 g/mol. The van der Waals surface area contributed by atoms with Crippen LogP contribution in [0.3, 0.4) is 0 Å². The van der Waals surface area contributed by atoms with Crippen LogP contribution in [0.25, 0.3) is 54.6 Å². The molecule has 0 atom stereocenters. The lowest BCUT2D eigenvalue weighted by molar-refractivity contribution is 1.33. The van der Waals surface area contributed by atoms with Crippen LogP contribution in [0.5, 0.6) is 0 Å². The Hall–Kier alpha value is -3.78. The van der Waals surface area contributed by atoms with Gasteiger partial charge >= 0.3 is 0 Å². The normalized spacial score (nSPS) is 11.6. The average molecular weight is 356 g/mol. The molecule has 0 N–H and O–H groups in total. The molecule has 2 nitrogen and oxygen atoms in total. The summed E-state index contributed by atoms with van der Waals surface area (Å²) in [6.45, 7) is 0. The first kappa shape index (κ1) is 15.3. The molecule has 0 spiro atoms. The molecule has 0 radical (unpaired) electrons. The van der Waals surface area contributed by atoms with E-state index in [0.29, 0.717) is 0 Å². The largest absolute Gasteiger partial charge is 0.265 e. The van der Waals surface area contributed by atoms with E-state index in [4.69, 9.17) is 0 Å². The van der Waals surface area contributed by atoms with Crippen LogP contribution in [0.15, 0.2) is 97.6 Å². The Kier molecular flexibility index (Phi) is 3.20. The Morgan fingerprint density at radius 2 is 0.964 bits per heavy atom. The summed E-state index contributed by atoms with van der Waals surface area (Å²) in [6, 6.07) is 26.2. The first-order chi connectivity index (χ1) is 13.9. The minimum absolute atomic E-state index is 1.18. The van der Waals surface area contributed by atoms with Crippen LogP contribution in [0.1, 0.15) is 0 Å². The number of aromatic nitrogens is 2. The van der Waals surface area contributed by atoms with Crippen LogP contribution in [-0.2, 0) is 0 Å². The zero-order chi connectivity index (χ0) is 18.5. The lowest BCUT2D eigenvalue weighted by atomic mass is 9.86. The van der Waals surface area contributed by atoms with Gasteiger partial charge in [0.25, 0.3) is 0 Å². The fourth-order valence-electron chi connectivity index (χ4n) is 4.37. The molecule has 0 amide bonds. The Labute approximate surface area is 162 Å². The number of rotatable bonds is 2. The van der Waals surface area contributed by atoms with Crippen molar-refractivity contribution in [2.75, 3.05) is 0 Å². The highest BCUT2D eigenvalue weighted by atomic mass is 14.6. The summed E-state index contributed by atoms with van der Waals surface area (Å²) in [6.07, 6.45) is 7.44. The maximum atomic E-state index is 4.20. The molecule has 4 aromatic carbocycles. The first-order valence-electron chi connectivity index (χ1n) is 9.41. The predicted octanol–water partition coefficient (Wildman–Crippen LogP) is 6.71. The van der Waals surface area contributed by atoms with Crippen molar-refractivity contribution in [3.05, 3.63) is 97.6 Å². The molecule has 0 aliphatic rings. The van der Waals surface area contributed by atoms with Gasteiger partial charge in [0.1, 0.15) is 0 Å². The van der Waals surface area contributed by atoms with E-state index in [2.05, 4.69) is 82.8 Å². The topological polar surface area (TPSA) is 25.8 Å².